The Morgan fingerprint density at radius 3 is 2.45 bits per heavy atom. The maximum absolute atomic E-state index is 14.4. The van der Waals surface area contributed by atoms with Crippen molar-refractivity contribution in [2.24, 2.45) is 5.92 Å². The molecule has 204 valence electrons. The van der Waals surface area contributed by atoms with Gasteiger partial charge in [0.05, 0.1) is 17.1 Å². The number of carbonyl (C=O) groups is 3. The van der Waals surface area contributed by atoms with Crippen molar-refractivity contribution < 1.29 is 27.9 Å². The number of ketones is 1. The van der Waals surface area contributed by atoms with Crippen molar-refractivity contribution in [1.82, 2.24) is 14.7 Å². The second kappa shape index (κ2) is 11.8. The second-order valence-corrected chi connectivity index (χ2v) is 10.5. The number of likely N-dealkylation sites (tertiary alicyclic amines) is 1. The van der Waals surface area contributed by atoms with Gasteiger partial charge in [-0.2, -0.15) is 0 Å². The number of halogens is 3. The van der Waals surface area contributed by atoms with Crippen molar-refractivity contribution in [3.63, 3.8) is 0 Å². The smallest absolute Gasteiger partial charge is 0.410 e. The van der Waals surface area contributed by atoms with Crippen LogP contribution in [0.2, 0.25) is 5.02 Å². The fourth-order valence-corrected chi connectivity index (χ4v) is 5.61. The number of hydrogen-bond donors (Lipinski definition) is 0. The van der Waals surface area contributed by atoms with E-state index in [0.717, 1.165) is 0 Å². The summed E-state index contributed by atoms with van der Waals surface area (Å²) in [4.78, 5) is 44.3. The molecule has 1 saturated heterocycles. The molecule has 2 amide bonds. The topological polar surface area (TPSA) is 70.2 Å². The van der Waals surface area contributed by atoms with Gasteiger partial charge in [0, 0.05) is 37.9 Å². The number of benzene rings is 2. The van der Waals surface area contributed by atoms with Gasteiger partial charge in [-0.1, -0.05) is 17.7 Å². The molecule has 0 aromatic heterocycles. The van der Waals surface area contributed by atoms with Crippen molar-refractivity contribution >= 4 is 29.4 Å². The van der Waals surface area contributed by atoms with Gasteiger partial charge >= 0.3 is 6.09 Å². The predicted octanol–water partition coefficient (Wildman–Crippen LogP) is 4.73. The first kappa shape index (κ1) is 28.0. The van der Waals surface area contributed by atoms with E-state index in [-0.39, 0.29) is 60.0 Å². The van der Waals surface area contributed by atoms with Crippen LogP contribution in [0, 0.1) is 17.6 Å². The number of ether oxygens (including phenoxy) is 1. The Balaban J connectivity index is 1.59. The highest BCUT2D eigenvalue weighted by atomic mass is 35.5. The van der Waals surface area contributed by atoms with Gasteiger partial charge in [-0.3, -0.25) is 14.5 Å². The zero-order chi connectivity index (χ0) is 27.6. The summed E-state index contributed by atoms with van der Waals surface area (Å²) in [5.74, 6) is -1.49. The van der Waals surface area contributed by atoms with Gasteiger partial charge in [-0.15, -0.1) is 0 Å². The van der Waals surface area contributed by atoms with E-state index in [1.807, 2.05) is 19.0 Å². The average Bonchev–Trinajstić information content (AvgIpc) is 3.32. The summed E-state index contributed by atoms with van der Waals surface area (Å²) >= 11 is 5.91. The summed E-state index contributed by atoms with van der Waals surface area (Å²) in [7, 11) is 3.66. The highest BCUT2D eigenvalue weighted by Crippen LogP contribution is 2.36. The second-order valence-electron chi connectivity index (χ2n) is 10.1. The lowest BCUT2D eigenvalue weighted by Crippen LogP contribution is -2.47. The average molecular weight is 548 g/mol. The quantitative estimate of drug-likeness (QED) is 0.523. The summed E-state index contributed by atoms with van der Waals surface area (Å²) in [5.41, 5.74) is 0.616. The zero-order valence-electron chi connectivity index (χ0n) is 21.7. The van der Waals surface area contributed by atoms with Crippen molar-refractivity contribution in [1.29, 1.82) is 0 Å². The Labute approximate surface area is 226 Å². The molecule has 4 atom stereocenters. The molecule has 2 aliphatic rings. The number of nitrogens with zero attached hydrogens (tertiary/aromatic N) is 3. The molecule has 2 fully saturated rings. The Morgan fingerprint density at radius 2 is 1.82 bits per heavy atom. The normalized spacial score (nSPS) is 23.6. The molecule has 4 rings (SSSR count). The van der Waals surface area contributed by atoms with Gasteiger partial charge in [0.1, 0.15) is 23.2 Å². The first-order chi connectivity index (χ1) is 18.1. The SMILES string of the molecule is CCN(C(=O)Oc1ccc(F)cc1)[C@@H]1CN(C(=O)C2CCC(=O)C(N(C)C)C2)C[C@H]1c1ccc(Cl)c(F)c1. The fourth-order valence-electron chi connectivity index (χ4n) is 5.50. The van der Waals surface area contributed by atoms with Crippen molar-refractivity contribution in [2.75, 3.05) is 33.7 Å². The highest BCUT2D eigenvalue weighted by Gasteiger charge is 2.44. The lowest BCUT2D eigenvalue weighted by atomic mass is 9.83. The summed E-state index contributed by atoms with van der Waals surface area (Å²) in [6.07, 6.45) is 0.616. The molecule has 38 heavy (non-hydrogen) atoms. The third-order valence-corrected chi connectivity index (χ3v) is 7.86. The summed E-state index contributed by atoms with van der Waals surface area (Å²) < 4.78 is 33.2. The monoisotopic (exact) mass is 547 g/mol. The molecule has 1 saturated carbocycles. The van der Waals surface area contributed by atoms with E-state index in [1.54, 1.807) is 17.9 Å². The molecule has 0 bridgehead atoms. The van der Waals surface area contributed by atoms with Crippen LogP contribution in [0.15, 0.2) is 42.5 Å². The summed E-state index contributed by atoms with van der Waals surface area (Å²) in [6, 6.07) is 8.84. The van der Waals surface area contributed by atoms with E-state index < -0.39 is 23.8 Å². The Kier molecular flexibility index (Phi) is 8.67. The molecule has 2 unspecified atom stereocenters. The zero-order valence-corrected chi connectivity index (χ0v) is 22.5. The predicted molar refractivity (Wildman–Crippen MR) is 139 cm³/mol. The van der Waals surface area contributed by atoms with Gasteiger partial charge in [0.15, 0.2) is 0 Å². The number of amides is 2. The van der Waals surface area contributed by atoms with E-state index >= 15 is 0 Å². The van der Waals surface area contributed by atoms with Crippen LogP contribution in [0.3, 0.4) is 0 Å². The van der Waals surface area contributed by atoms with Crippen LogP contribution in [0.1, 0.15) is 37.7 Å². The number of likely N-dealkylation sites (N-methyl/N-ethyl adjacent to an activating group) is 2. The Morgan fingerprint density at radius 1 is 1.11 bits per heavy atom. The molecule has 0 N–H and O–H groups in total. The van der Waals surface area contributed by atoms with Gasteiger partial charge in [-0.25, -0.2) is 13.6 Å². The first-order valence-corrected chi connectivity index (χ1v) is 13.1. The fraction of sp³-hybridized carbons (Fsp3) is 0.464. The van der Waals surface area contributed by atoms with Crippen LogP contribution >= 0.6 is 11.6 Å². The van der Waals surface area contributed by atoms with E-state index in [1.165, 1.54) is 41.3 Å². The van der Waals surface area contributed by atoms with Crippen LogP contribution in [-0.2, 0) is 9.59 Å². The van der Waals surface area contributed by atoms with E-state index in [9.17, 15) is 23.2 Å². The maximum atomic E-state index is 14.4. The lowest BCUT2D eigenvalue weighted by molar-refractivity contribution is -0.138. The Hall–Kier alpha value is -3.04. The minimum atomic E-state index is -0.645. The van der Waals surface area contributed by atoms with Gasteiger partial charge in [-0.05, 0) is 75.8 Å². The molecule has 2 aromatic carbocycles. The van der Waals surface area contributed by atoms with E-state index in [2.05, 4.69) is 0 Å². The summed E-state index contributed by atoms with van der Waals surface area (Å²) in [6.45, 7) is 2.59. The van der Waals surface area contributed by atoms with Crippen LogP contribution < -0.4 is 4.74 Å². The highest BCUT2D eigenvalue weighted by molar-refractivity contribution is 6.30. The third kappa shape index (κ3) is 5.99. The minimum absolute atomic E-state index is 0.0131. The standard InChI is InChI=1S/C28H32ClF2N3O4/c1-4-34(28(37)38-20-9-7-19(30)8-10-20)25-16-33(15-21(25)17-5-11-22(29)23(31)13-17)27(36)18-6-12-26(35)24(14-18)32(2)3/h5,7-11,13,18,21,24-25H,4,6,12,14-16H2,1-3H3/t18?,21-,24?,25+/m0/s1. The Bertz CT molecular complexity index is 1190. The van der Waals surface area contributed by atoms with E-state index in [4.69, 9.17) is 16.3 Å². The number of Topliss-reactive ketones (excluding diaryl/α,β-unsaturated/α-hetero) is 1. The van der Waals surface area contributed by atoms with Crippen molar-refractivity contribution in [2.45, 2.75) is 44.2 Å². The van der Waals surface area contributed by atoms with Gasteiger partial charge < -0.3 is 14.5 Å². The number of hydrogen-bond acceptors (Lipinski definition) is 5. The van der Waals surface area contributed by atoms with Gasteiger partial charge in [0.2, 0.25) is 5.91 Å². The molecule has 0 radical (unpaired) electrons. The molecule has 1 aliphatic carbocycles. The maximum Gasteiger partial charge on any atom is 0.415 e. The van der Waals surface area contributed by atoms with E-state index in [0.29, 0.717) is 24.8 Å². The number of carbonyl (C=O) groups excluding carboxylic acids is 3. The summed E-state index contributed by atoms with van der Waals surface area (Å²) in [5, 5.41) is -0.0131. The molecular formula is C28H32ClF2N3O4. The third-order valence-electron chi connectivity index (χ3n) is 7.56. The molecule has 1 heterocycles. The molecule has 1 aliphatic heterocycles. The molecule has 10 heteroatoms. The lowest BCUT2D eigenvalue weighted by Gasteiger charge is -2.33. The largest absolute Gasteiger partial charge is 0.415 e. The van der Waals surface area contributed by atoms with Crippen LogP contribution in [-0.4, -0.2) is 78.3 Å². The van der Waals surface area contributed by atoms with Crippen LogP contribution in [0.4, 0.5) is 13.6 Å². The minimum Gasteiger partial charge on any atom is -0.410 e. The first-order valence-electron chi connectivity index (χ1n) is 12.8. The number of rotatable bonds is 6. The van der Waals surface area contributed by atoms with Crippen LogP contribution in [0.5, 0.6) is 5.75 Å². The molecular weight excluding hydrogens is 516 g/mol. The van der Waals surface area contributed by atoms with Crippen molar-refractivity contribution in [3.05, 3.63) is 64.7 Å². The molecule has 0 spiro atoms. The van der Waals surface area contributed by atoms with Crippen LogP contribution in [0.25, 0.3) is 0 Å². The molecule has 7 nitrogen and oxygen atoms in total. The van der Waals surface area contributed by atoms with Crippen molar-refractivity contribution in [3.8, 4) is 5.75 Å². The van der Waals surface area contributed by atoms with Gasteiger partial charge in [0.25, 0.3) is 0 Å². The molecule has 2 aromatic rings.